The van der Waals surface area contributed by atoms with E-state index < -0.39 is 10.0 Å². The summed E-state index contributed by atoms with van der Waals surface area (Å²) in [7, 11) is 3.47. The summed E-state index contributed by atoms with van der Waals surface area (Å²) in [4.78, 5) is 21.2. The number of carbonyl (C=O) groups excluding carboxylic acids is 1. The topological polar surface area (TPSA) is 83.0 Å². The first-order valence-corrected chi connectivity index (χ1v) is 11.5. The Hall–Kier alpha value is -1.75. The average molecular weight is 429 g/mol. The van der Waals surface area contributed by atoms with Crippen LogP contribution in [0.25, 0.3) is 10.2 Å². The minimum absolute atomic E-state index is 0.229. The molecule has 0 spiro atoms. The molecule has 1 heterocycles. The van der Waals surface area contributed by atoms with Crippen LogP contribution in [0.2, 0.25) is 0 Å². The van der Waals surface area contributed by atoms with Crippen LogP contribution in [0.15, 0.2) is 12.1 Å². The van der Waals surface area contributed by atoms with Gasteiger partial charge in [0.1, 0.15) is 11.3 Å². The molecule has 0 aliphatic carbocycles. The molecule has 1 aromatic heterocycles. The number of carbonyl (C=O) groups is 1. The van der Waals surface area contributed by atoms with Gasteiger partial charge >= 0.3 is 0 Å². The molecule has 156 valence electrons. The third-order valence-electron chi connectivity index (χ3n) is 4.36. The van der Waals surface area contributed by atoms with Gasteiger partial charge in [-0.3, -0.25) is 9.69 Å². The lowest BCUT2D eigenvalue weighted by Crippen LogP contribution is -2.42. The molecule has 0 aliphatic heterocycles. The highest BCUT2D eigenvalue weighted by atomic mass is 32.2. The van der Waals surface area contributed by atoms with Gasteiger partial charge in [-0.2, -0.15) is 4.31 Å². The number of aromatic nitrogens is 1. The van der Waals surface area contributed by atoms with Crippen molar-refractivity contribution in [3.63, 3.8) is 0 Å². The van der Waals surface area contributed by atoms with Crippen molar-refractivity contribution in [2.75, 3.05) is 59.0 Å². The highest BCUT2D eigenvalue weighted by molar-refractivity contribution is 7.88. The van der Waals surface area contributed by atoms with Gasteiger partial charge in [0.05, 0.1) is 24.6 Å². The number of methoxy groups -OCH3 is 1. The standard InChI is InChI=1S/C18H28N4O4S2/c1-13-8-9-14(26-5)16-17(13)27-18(19-16)22(11-7-10-20(2)3)15(23)12-21(4)28(6,24)25/h8-9H,7,10-12H2,1-6H3. The highest BCUT2D eigenvalue weighted by Gasteiger charge is 2.24. The summed E-state index contributed by atoms with van der Waals surface area (Å²) in [5, 5.41) is 0.549. The zero-order valence-electron chi connectivity index (χ0n) is 17.2. The largest absolute Gasteiger partial charge is 0.494 e. The van der Waals surface area contributed by atoms with Crippen LogP contribution in [0.4, 0.5) is 5.13 Å². The summed E-state index contributed by atoms with van der Waals surface area (Å²) in [6.45, 7) is 3.01. The lowest BCUT2D eigenvalue weighted by Gasteiger charge is -2.23. The number of fused-ring (bicyclic) bond motifs is 1. The molecular weight excluding hydrogens is 400 g/mol. The minimum Gasteiger partial charge on any atom is -0.494 e. The van der Waals surface area contributed by atoms with Crippen molar-refractivity contribution < 1.29 is 17.9 Å². The predicted octanol–water partition coefficient (Wildman–Crippen LogP) is 1.79. The molecule has 8 nitrogen and oxygen atoms in total. The van der Waals surface area contributed by atoms with Gasteiger partial charge in [-0.25, -0.2) is 13.4 Å². The zero-order valence-corrected chi connectivity index (χ0v) is 18.9. The molecule has 0 unspecified atom stereocenters. The number of thiazole rings is 1. The normalized spacial score (nSPS) is 12.1. The van der Waals surface area contributed by atoms with Crippen LogP contribution in [-0.2, 0) is 14.8 Å². The van der Waals surface area contributed by atoms with E-state index in [0.717, 1.165) is 33.8 Å². The van der Waals surface area contributed by atoms with Gasteiger partial charge in [0, 0.05) is 13.6 Å². The molecular formula is C18H28N4O4S2. The van der Waals surface area contributed by atoms with Crippen LogP contribution >= 0.6 is 11.3 Å². The smallest absolute Gasteiger partial charge is 0.244 e. The maximum atomic E-state index is 12.9. The highest BCUT2D eigenvalue weighted by Crippen LogP contribution is 2.36. The summed E-state index contributed by atoms with van der Waals surface area (Å²) in [5.74, 6) is 0.347. The Labute approximate surface area is 170 Å². The quantitative estimate of drug-likeness (QED) is 0.606. The maximum Gasteiger partial charge on any atom is 0.244 e. The van der Waals surface area contributed by atoms with E-state index in [1.807, 2.05) is 38.1 Å². The van der Waals surface area contributed by atoms with E-state index in [1.54, 1.807) is 12.0 Å². The second-order valence-electron chi connectivity index (χ2n) is 6.98. The first kappa shape index (κ1) is 22.5. The molecule has 10 heteroatoms. The van der Waals surface area contributed by atoms with Gasteiger partial charge in [-0.1, -0.05) is 17.4 Å². The summed E-state index contributed by atoms with van der Waals surface area (Å²) in [6.07, 6.45) is 1.83. The fraction of sp³-hybridized carbons (Fsp3) is 0.556. The van der Waals surface area contributed by atoms with Crippen molar-refractivity contribution in [1.29, 1.82) is 0 Å². The van der Waals surface area contributed by atoms with Gasteiger partial charge in [-0.15, -0.1) is 0 Å². The van der Waals surface area contributed by atoms with Gasteiger partial charge < -0.3 is 9.64 Å². The molecule has 1 amide bonds. The Morgan fingerprint density at radius 1 is 1.21 bits per heavy atom. The maximum absolute atomic E-state index is 12.9. The van der Waals surface area contributed by atoms with Crippen molar-refractivity contribution in [3.05, 3.63) is 17.7 Å². The van der Waals surface area contributed by atoms with Crippen molar-refractivity contribution in [1.82, 2.24) is 14.2 Å². The van der Waals surface area contributed by atoms with Crippen LogP contribution in [0.5, 0.6) is 5.75 Å². The molecule has 2 rings (SSSR count). The number of aryl methyl sites for hydroxylation is 1. The Morgan fingerprint density at radius 2 is 1.89 bits per heavy atom. The SMILES string of the molecule is COc1ccc(C)c2sc(N(CCCN(C)C)C(=O)CN(C)S(C)(=O)=O)nc12. The monoisotopic (exact) mass is 428 g/mol. The fourth-order valence-corrected chi connectivity index (χ4v) is 4.08. The van der Waals surface area contributed by atoms with E-state index in [-0.39, 0.29) is 12.5 Å². The molecule has 2 aromatic rings. The molecule has 1 aromatic carbocycles. The number of ether oxygens (including phenoxy) is 1. The van der Waals surface area contributed by atoms with Gasteiger partial charge in [-0.05, 0) is 45.6 Å². The van der Waals surface area contributed by atoms with Crippen molar-refractivity contribution >= 4 is 42.6 Å². The fourth-order valence-electron chi connectivity index (χ4n) is 2.64. The van der Waals surface area contributed by atoms with Crippen LogP contribution < -0.4 is 9.64 Å². The first-order valence-electron chi connectivity index (χ1n) is 8.85. The van der Waals surface area contributed by atoms with Crippen LogP contribution in [0.1, 0.15) is 12.0 Å². The van der Waals surface area contributed by atoms with Gasteiger partial charge in [0.15, 0.2) is 5.13 Å². The van der Waals surface area contributed by atoms with Crippen LogP contribution in [-0.4, -0.2) is 82.7 Å². The number of rotatable bonds is 9. The molecule has 0 saturated heterocycles. The zero-order chi connectivity index (χ0) is 21.1. The van der Waals surface area contributed by atoms with E-state index in [4.69, 9.17) is 4.74 Å². The predicted molar refractivity (Wildman–Crippen MR) is 114 cm³/mol. The third-order valence-corrected chi connectivity index (χ3v) is 6.83. The number of anilines is 1. The molecule has 0 radical (unpaired) electrons. The number of amides is 1. The molecule has 0 aliphatic rings. The third kappa shape index (κ3) is 5.40. The molecule has 0 saturated carbocycles. The van der Waals surface area contributed by atoms with E-state index >= 15 is 0 Å². The van der Waals surface area contributed by atoms with Crippen molar-refractivity contribution in [3.8, 4) is 5.75 Å². The second-order valence-corrected chi connectivity index (χ2v) is 10.0. The number of sulfonamides is 1. The Balaban J connectivity index is 2.39. The van der Waals surface area contributed by atoms with Crippen LogP contribution in [0, 0.1) is 6.92 Å². The van der Waals surface area contributed by atoms with Crippen LogP contribution in [0.3, 0.4) is 0 Å². The Bertz CT molecular complexity index is 940. The lowest BCUT2D eigenvalue weighted by atomic mass is 10.2. The van der Waals surface area contributed by atoms with Crippen molar-refractivity contribution in [2.24, 2.45) is 0 Å². The summed E-state index contributed by atoms with van der Waals surface area (Å²) >= 11 is 1.42. The van der Waals surface area contributed by atoms with E-state index in [9.17, 15) is 13.2 Å². The van der Waals surface area contributed by atoms with Gasteiger partial charge in [0.25, 0.3) is 0 Å². The average Bonchev–Trinajstić information content (AvgIpc) is 3.03. The van der Waals surface area contributed by atoms with E-state index in [2.05, 4.69) is 4.98 Å². The number of hydrogen-bond acceptors (Lipinski definition) is 7. The molecule has 28 heavy (non-hydrogen) atoms. The second kappa shape index (κ2) is 9.17. The van der Waals surface area contributed by atoms with E-state index in [1.165, 1.54) is 18.4 Å². The number of nitrogens with zero attached hydrogens (tertiary/aromatic N) is 4. The Kier molecular flexibility index (Phi) is 7.38. The Morgan fingerprint density at radius 3 is 2.46 bits per heavy atom. The molecule has 0 atom stereocenters. The lowest BCUT2D eigenvalue weighted by molar-refractivity contribution is -0.118. The van der Waals surface area contributed by atoms with Crippen molar-refractivity contribution in [2.45, 2.75) is 13.3 Å². The van der Waals surface area contributed by atoms with E-state index in [0.29, 0.717) is 22.9 Å². The first-order chi connectivity index (χ1) is 13.0. The minimum atomic E-state index is -3.45. The summed E-state index contributed by atoms with van der Waals surface area (Å²) in [6, 6.07) is 3.82. The number of benzene rings is 1. The summed E-state index contributed by atoms with van der Waals surface area (Å²) < 4.78 is 30.8. The molecule has 0 N–H and O–H groups in total. The molecule has 0 fully saturated rings. The number of likely N-dealkylation sites (N-methyl/N-ethyl adjacent to an activating group) is 1. The van der Waals surface area contributed by atoms with Gasteiger partial charge in [0.2, 0.25) is 15.9 Å². The number of hydrogen-bond donors (Lipinski definition) is 0. The molecule has 0 bridgehead atoms. The summed E-state index contributed by atoms with van der Waals surface area (Å²) in [5.41, 5.74) is 1.76.